The smallest absolute Gasteiger partial charge is 0.269 e. The maximum atomic E-state index is 11.5. The molecule has 1 amide bonds. The lowest BCUT2D eigenvalue weighted by atomic mass is 10.2. The average Bonchev–Trinajstić information content (AvgIpc) is 2.38. The van der Waals surface area contributed by atoms with Crippen molar-refractivity contribution in [3.8, 4) is 0 Å². The van der Waals surface area contributed by atoms with E-state index in [-0.39, 0.29) is 5.91 Å². The summed E-state index contributed by atoms with van der Waals surface area (Å²) in [6, 6.07) is 12.0. The zero-order valence-corrected chi connectivity index (χ0v) is 11.1. The Hall–Kier alpha value is -1.81. The van der Waals surface area contributed by atoms with E-state index < -0.39 is 0 Å². The van der Waals surface area contributed by atoms with Crippen LogP contribution in [0.4, 0.5) is 0 Å². The van der Waals surface area contributed by atoms with Crippen molar-refractivity contribution in [3.63, 3.8) is 0 Å². The number of aryl methyl sites for hydroxylation is 1. The number of hydrogen-bond donors (Lipinski definition) is 1. The maximum Gasteiger partial charge on any atom is 0.269 e. The minimum Gasteiger partial charge on any atom is -0.354 e. The van der Waals surface area contributed by atoms with E-state index in [1.807, 2.05) is 12.1 Å². The molecular weight excluding hydrogens is 244 g/mol. The van der Waals surface area contributed by atoms with Crippen LogP contribution in [0, 0.1) is 6.92 Å². The molecule has 4 heteroatoms. The summed E-state index contributed by atoms with van der Waals surface area (Å²) >= 11 is 1.62. The Kier molecular flexibility index (Phi) is 3.99. The predicted octanol–water partition coefficient (Wildman–Crippen LogP) is 2.90. The minimum absolute atomic E-state index is 0.165. The third kappa shape index (κ3) is 3.11. The van der Waals surface area contributed by atoms with E-state index in [2.05, 4.69) is 35.4 Å². The van der Waals surface area contributed by atoms with Crippen LogP contribution in [-0.2, 0) is 0 Å². The van der Waals surface area contributed by atoms with Gasteiger partial charge in [-0.25, -0.2) is 0 Å². The van der Waals surface area contributed by atoms with Gasteiger partial charge in [0.2, 0.25) is 0 Å². The van der Waals surface area contributed by atoms with Gasteiger partial charge in [0.25, 0.3) is 5.91 Å². The zero-order valence-electron chi connectivity index (χ0n) is 10.3. The Balaban J connectivity index is 2.22. The van der Waals surface area contributed by atoms with Crippen LogP contribution in [0.15, 0.2) is 52.4 Å². The predicted molar refractivity (Wildman–Crippen MR) is 72.9 cm³/mol. The lowest BCUT2D eigenvalue weighted by molar-refractivity contribution is 0.0958. The van der Waals surface area contributed by atoms with Crippen molar-refractivity contribution < 1.29 is 4.79 Å². The summed E-state index contributed by atoms with van der Waals surface area (Å²) in [4.78, 5) is 17.7. The molecule has 92 valence electrons. The second-order valence-corrected chi connectivity index (χ2v) is 5.02. The molecule has 1 N–H and O–H groups in total. The lowest BCUT2D eigenvalue weighted by Gasteiger charge is -2.04. The fourth-order valence-corrected chi connectivity index (χ4v) is 2.50. The number of nitrogens with one attached hydrogen (secondary N) is 1. The van der Waals surface area contributed by atoms with Crippen molar-refractivity contribution in [1.82, 2.24) is 10.3 Å². The Morgan fingerprint density at radius 2 is 2.00 bits per heavy atom. The Morgan fingerprint density at radius 1 is 1.22 bits per heavy atom. The Morgan fingerprint density at radius 3 is 2.72 bits per heavy atom. The highest BCUT2D eigenvalue weighted by molar-refractivity contribution is 7.99. The van der Waals surface area contributed by atoms with E-state index in [1.165, 1.54) is 5.56 Å². The summed E-state index contributed by atoms with van der Waals surface area (Å²) in [5.74, 6) is -0.165. The highest BCUT2D eigenvalue weighted by atomic mass is 32.2. The zero-order chi connectivity index (χ0) is 13.0. The number of pyridine rings is 1. The molecule has 1 aromatic heterocycles. The number of amides is 1. The van der Waals surface area contributed by atoms with E-state index in [1.54, 1.807) is 31.1 Å². The van der Waals surface area contributed by atoms with E-state index in [9.17, 15) is 4.79 Å². The first-order valence-corrected chi connectivity index (χ1v) is 6.43. The van der Waals surface area contributed by atoms with Crippen molar-refractivity contribution in [2.45, 2.75) is 16.7 Å². The van der Waals surface area contributed by atoms with Crippen LogP contribution in [0.2, 0.25) is 0 Å². The number of carbonyl (C=O) groups excluding carboxylic acids is 1. The van der Waals surface area contributed by atoms with Crippen molar-refractivity contribution >= 4 is 17.7 Å². The average molecular weight is 258 g/mol. The molecule has 2 aromatic rings. The fourth-order valence-electron chi connectivity index (χ4n) is 1.54. The highest BCUT2D eigenvalue weighted by Crippen LogP contribution is 2.28. The molecule has 0 aliphatic carbocycles. The van der Waals surface area contributed by atoms with Crippen molar-refractivity contribution in [1.29, 1.82) is 0 Å². The number of hydrogen-bond acceptors (Lipinski definition) is 3. The Bertz CT molecular complexity index is 569. The van der Waals surface area contributed by atoms with Gasteiger partial charge in [0.05, 0.1) is 0 Å². The van der Waals surface area contributed by atoms with Crippen LogP contribution in [0.1, 0.15) is 16.1 Å². The van der Waals surface area contributed by atoms with Crippen molar-refractivity contribution in [3.05, 3.63) is 53.9 Å². The molecule has 0 bridgehead atoms. The van der Waals surface area contributed by atoms with E-state index >= 15 is 0 Å². The summed E-state index contributed by atoms with van der Waals surface area (Å²) in [6.07, 6.45) is 1.66. The first kappa shape index (κ1) is 12.6. The Labute approximate surface area is 111 Å². The minimum atomic E-state index is -0.165. The van der Waals surface area contributed by atoms with Crippen LogP contribution in [0.5, 0.6) is 0 Å². The van der Waals surface area contributed by atoms with Crippen molar-refractivity contribution in [2.75, 3.05) is 7.05 Å². The molecule has 1 heterocycles. The molecule has 2 rings (SSSR count). The van der Waals surface area contributed by atoms with Crippen LogP contribution >= 0.6 is 11.8 Å². The second kappa shape index (κ2) is 5.69. The monoisotopic (exact) mass is 258 g/mol. The van der Waals surface area contributed by atoms with Gasteiger partial charge in [-0.3, -0.25) is 9.78 Å². The molecule has 0 radical (unpaired) electrons. The maximum absolute atomic E-state index is 11.5. The van der Waals surface area contributed by atoms with Gasteiger partial charge in [0.1, 0.15) is 5.69 Å². The first-order chi connectivity index (χ1) is 8.69. The number of rotatable bonds is 3. The molecule has 0 atom stereocenters. The summed E-state index contributed by atoms with van der Waals surface area (Å²) in [5.41, 5.74) is 1.66. The van der Waals surface area contributed by atoms with Crippen LogP contribution in [0.3, 0.4) is 0 Å². The van der Waals surface area contributed by atoms with Crippen LogP contribution in [0.25, 0.3) is 0 Å². The summed E-state index contributed by atoms with van der Waals surface area (Å²) in [6.45, 7) is 2.06. The standard InChI is InChI=1S/C14H14N2OS/c1-10-4-3-5-11(8-10)18-12-6-7-16-13(9-12)14(17)15-2/h3-9H,1-2H3,(H,15,17). The van der Waals surface area contributed by atoms with Crippen LogP contribution in [-0.4, -0.2) is 17.9 Å². The molecule has 0 aliphatic heterocycles. The van der Waals surface area contributed by atoms with Crippen molar-refractivity contribution in [2.24, 2.45) is 0 Å². The van der Waals surface area contributed by atoms with Gasteiger partial charge in [0, 0.05) is 23.0 Å². The first-order valence-electron chi connectivity index (χ1n) is 5.61. The molecule has 0 unspecified atom stereocenters. The molecule has 0 fully saturated rings. The number of nitrogens with zero attached hydrogens (tertiary/aromatic N) is 1. The molecule has 0 aliphatic rings. The highest BCUT2D eigenvalue weighted by Gasteiger charge is 2.06. The molecule has 18 heavy (non-hydrogen) atoms. The number of benzene rings is 1. The van der Waals surface area contributed by atoms with Gasteiger partial charge in [-0.1, -0.05) is 29.5 Å². The van der Waals surface area contributed by atoms with Crippen LogP contribution < -0.4 is 5.32 Å². The molecule has 3 nitrogen and oxygen atoms in total. The summed E-state index contributed by atoms with van der Waals surface area (Å²) in [7, 11) is 1.60. The van der Waals surface area contributed by atoms with E-state index in [0.29, 0.717) is 5.69 Å². The quantitative estimate of drug-likeness (QED) is 0.920. The third-order valence-electron chi connectivity index (χ3n) is 2.42. The fraction of sp³-hybridized carbons (Fsp3) is 0.143. The second-order valence-electron chi connectivity index (χ2n) is 3.87. The molecular formula is C14H14N2OS. The third-order valence-corrected chi connectivity index (χ3v) is 3.40. The summed E-state index contributed by atoms with van der Waals surface area (Å²) < 4.78 is 0. The SMILES string of the molecule is CNC(=O)c1cc(Sc2cccc(C)c2)ccn1. The van der Waals surface area contributed by atoms with Gasteiger partial charge < -0.3 is 5.32 Å². The number of aromatic nitrogens is 1. The molecule has 0 spiro atoms. The van der Waals surface area contributed by atoms with Gasteiger partial charge in [0.15, 0.2) is 0 Å². The van der Waals surface area contributed by atoms with E-state index in [0.717, 1.165) is 9.79 Å². The van der Waals surface area contributed by atoms with Gasteiger partial charge in [-0.2, -0.15) is 0 Å². The lowest BCUT2D eigenvalue weighted by Crippen LogP contribution is -2.18. The van der Waals surface area contributed by atoms with E-state index in [4.69, 9.17) is 0 Å². The van der Waals surface area contributed by atoms with Gasteiger partial charge in [-0.05, 0) is 31.2 Å². The summed E-state index contributed by atoms with van der Waals surface area (Å²) in [5, 5.41) is 2.57. The van der Waals surface area contributed by atoms with Gasteiger partial charge in [-0.15, -0.1) is 0 Å². The molecule has 0 saturated heterocycles. The normalized spacial score (nSPS) is 10.1. The topological polar surface area (TPSA) is 42.0 Å². The van der Waals surface area contributed by atoms with Gasteiger partial charge >= 0.3 is 0 Å². The molecule has 1 aromatic carbocycles. The largest absolute Gasteiger partial charge is 0.354 e. The number of carbonyl (C=O) groups is 1. The molecule has 0 saturated carbocycles.